The van der Waals surface area contributed by atoms with Crippen molar-refractivity contribution < 1.29 is 13.6 Å². The van der Waals surface area contributed by atoms with Gasteiger partial charge in [0.15, 0.2) is 16.6 Å². The topological polar surface area (TPSA) is 61.5 Å². The maximum absolute atomic E-state index is 11.8. The molecule has 1 aromatic rings. The lowest BCUT2D eigenvalue weighted by Crippen LogP contribution is -2.42. The number of carbonyl (C=O) groups is 1. The zero-order chi connectivity index (χ0) is 16.8. The van der Waals surface area contributed by atoms with E-state index < -0.39 is 16.6 Å². The van der Waals surface area contributed by atoms with E-state index in [1.54, 1.807) is 24.3 Å². The number of nitrogens with two attached hydrogens (primary N) is 1. The first-order chi connectivity index (χ1) is 10.1. The predicted molar refractivity (Wildman–Crippen MR) is 97.1 cm³/mol. The largest absolute Gasteiger partial charge is 0.462 e. The molecule has 0 saturated carbocycles. The van der Waals surface area contributed by atoms with E-state index >= 15 is 0 Å². The fraction of sp³-hybridized carbons (Fsp3) is 0.562. The minimum absolute atomic E-state index is 0.283. The highest BCUT2D eigenvalue weighted by Crippen LogP contribution is 2.20. The van der Waals surface area contributed by atoms with Gasteiger partial charge in [0.1, 0.15) is 0 Å². The average molecular weight is 340 g/mol. The zero-order valence-electron chi connectivity index (χ0n) is 14.4. The Kier molecular flexibility index (Phi) is 6.83. The lowest BCUT2D eigenvalue weighted by Gasteiger charge is -2.31. The molecule has 0 heterocycles. The van der Waals surface area contributed by atoms with Crippen molar-refractivity contribution in [3.05, 3.63) is 29.8 Å². The molecule has 0 unspecified atom stereocenters. The van der Waals surface area contributed by atoms with Crippen LogP contribution in [0.3, 0.4) is 0 Å². The Morgan fingerprint density at radius 1 is 1.05 bits per heavy atom. The van der Waals surface area contributed by atoms with Gasteiger partial charge in [-0.1, -0.05) is 6.42 Å². The van der Waals surface area contributed by atoms with Gasteiger partial charge in [0.2, 0.25) is 0 Å². The summed E-state index contributed by atoms with van der Waals surface area (Å²) in [5.41, 5.74) is 6.79. The molecule has 0 aliphatic rings. The maximum Gasteiger partial charge on any atom is 0.338 e. The monoisotopic (exact) mass is 339 g/mol. The molecule has 0 saturated heterocycles. The molecule has 0 atom stereocenters. The standard InChI is InChI=1S/C16H29NO3Si2/c1-21(2,3)20-22(4,5)13-7-6-12-19-16(18)14-8-10-15(17)11-9-14/h8-11H,6-7,12-13,17H2,1-5H3. The molecule has 22 heavy (non-hydrogen) atoms. The average Bonchev–Trinajstić information content (AvgIpc) is 2.35. The Morgan fingerprint density at radius 2 is 1.64 bits per heavy atom. The number of esters is 1. The maximum atomic E-state index is 11.8. The lowest BCUT2D eigenvalue weighted by atomic mass is 10.2. The summed E-state index contributed by atoms with van der Waals surface area (Å²) in [7, 11) is -3.04. The highest BCUT2D eigenvalue weighted by atomic mass is 28.4. The fourth-order valence-electron chi connectivity index (χ4n) is 2.40. The molecule has 4 nitrogen and oxygen atoms in total. The van der Waals surface area contributed by atoms with Crippen LogP contribution < -0.4 is 5.73 Å². The summed E-state index contributed by atoms with van der Waals surface area (Å²) in [6.45, 7) is 11.7. The van der Waals surface area contributed by atoms with E-state index in [0.29, 0.717) is 17.9 Å². The quantitative estimate of drug-likeness (QED) is 0.333. The Balaban J connectivity index is 2.25. The van der Waals surface area contributed by atoms with Crippen LogP contribution in [0, 0.1) is 0 Å². The minimum Gasteiger partial charge on any atom is -0.462 e. The van der Waals surface area contributed by atoms with Crippen LogP contribution in [-0.4, -0.2) is 29.2 Å². The molecule has 2 N–H and O–H groups in total. The van der Waals surface area contributed by atoms with E-state index in [-0.39, 0.29) is 5.97 Å². The van der Waals surface area contributed by atoms with Crippen LogP contribution in [-0.2, 0) is 8.85 Å². The van der Waals surface area contributed by atoms with Crippen LogP contribution in [0.5, 0.6) is 0 Å². The molecular formula is C16H29NO3Si2. The van der Waals surface area contributed by atoms with Gasteiger partial charge in [0.25, 0.3) is 0 Å². The number of hydrogen-bond donors (Lipinski definition) is 1. The highest BCUT2D eigenvalue weighted by Gasteiger charge is 2.28. The fourth-order valence-corrected chi connectivity index (χ4v) is 10.5. The molecule has 0 aromatic heterocycles. The Hall–Kier alpha value is -1.12. The first-order valence-corrected chi connectivity index (χ1v) is 14.3. The van der Waals surface area contributed by atoms with Gasteiger partial charge in [-0.2, -0.15) is 0 Å². The van der Waals surface area contributed by atoms with Gasteiger partial charge in [-0.15, -0.1) is 0 Å². The van der Waals surface area contributed by atoms with E-state index in [1.165, 1.54) is 0 Å². The van der Waals surface area contributed by atoms with Crippen LogP contribution in [0.2, 0.25) is 38.8 Å². The van der Waals surface area contributed by atoms with E-state index in [2.05, 4.69) is 32.7 Å². The van der Waals surface area contributed by atoms with Gasteiger partial charge in [-0.25, -0.2) is 4.79 Å². The third-order valence-corrected chi connectivity index (χ3v) is 9.35. The molecular weight excluding hydrogens is 310 g/mol. The normalized spacial score (nSPS) is 12.2. The van der Waals surface area contributed by atoms with Crippen LogP contribution >= 0.6 is 0 Å². The molecule has 0 radical (unpaired) electrons. The Labute approximate surface area is 136 Å². The summed E-state index contributed by atoms with van der Waals surface area (Å²) >= 11 is 0. The van der Waals surface area contributed by atoms with E-state index in [4.69, 9.17) is 14.6 Å². The van der Waals surface area contributed by atoms with Crippen molar-refractivity contribution in [1.82, 2.24) is 0 Å². The number of nitrogen functional groups attached to an aromatic ring is 1. The van der Waals surface area contributed by atoms with Gasteiger partial charge < -0.3 is 14.6 Å². The van der Waals surface area contributed by atoms with Crippen molar-refractivity contribution in [3.8, 4) is 0 Å². The molecule has 0 fully saturated rings. The number of ether oxygens (including phenoxy) is 1. The molecule has 0 spiro atoms. The summed E-state index contributed by atoms with van der Waals surface area (Å²) in [4.78, 5) is 11.8. The Bertz CT molecular complexity index is 481. The van der Waals surface area contributed by atoms with Crippen molar-refractivity contribution in [2.45, 2.75) is 51.6 Å². The highest BCUT2D eigenvalue weighted by molar-refractivity contribution is 6.84. The third-order valence-electron chi connectivity index (χ3n) is 3.14. The molecule has 0 aliphatic carbocycles. The second kappa shape index (κ2) is 7.94. The van der Waals surface area contributed by atoms with Crippen molar-refractivity contribution in [2.24, 2.45) is 0 Å². The van der Waals surface area contributed by atoms with Gasteiger partial charge in [-0.05, 0) is 69.5 Å². The molecule has 1 aromatic carbocycles. The van der Waals surface area contributed by atoms with Crippen LogP contribution in [0.4, 0.5) is 5.69 Å². The number of anilines is 1. The molecule has 0 aliphatic heterocycles. The van der Waals surface area contributed by atoms with Gasteiger partial charge >= 0.3 is 5.97 Å². The van der Waals surface area contributed by atoms with E-state index in [0.717, 1.165) is 18.9 Å². The molecule has 124 valence electrons. The first kappa shape index (κ1) is 18.9. The number of benzene rings is 1. The minimum atomic E-state index is -1.58. The van der Waals surface area contributed by atoms with Crippen molar-refractivity contribution in [2.75, 3.05) is 12.3 Å². The molecule has 1 rings (SSSR count). The predicted octanol–water partition coefficient (Wildman–Crippen LogP) is 4.26. The van der Waals surface area contributed by atoms with Crippen molar-refractivity contribution in [1.29, 1.82) is 0 Å². The summed E-state index contributed by atoms with van der Waals surface area (Å²) < 4.78 is 11.6. The van der Waals surface area contributed by atoms with Gasteiger partial charge in [0.05, 0.1) is 12.2 Å². The number of carbonyl (C=O) groups excluding carboxylic acids is 1. The molecule has 0 bridgehead atoms. The molecule has 6 heteroatoms. The van der Waals surface area contributed by atoms with Crippen LogP contribution in [0.15, 0.2) is 24.3 Å². The second-order valence-electron chi connectivity index (χ2n) is 7.19. The summed E-state index contributed by atoms with van der Waals surface area (Å²) in [5, 5.41) is 0. The van der Waals surface area contributed by atoms with Crippen LogP contribution in [0.25, 0.3) is 0 Å². The molecule has 0 amide bonds. The van der Waals surface area contributed by atoms with Crippen molar-refractivity contribution >= 4 is 28.3 Å². The lowest BCUT2D eigenvalue weighted by molar-refractivity contribution is 0.0499. The first-order valence-electron chi connectivity index (χ1n) is 7.82. The van der Waals surface area contributed by atoms with Gasteiger partial charge in [-0.3, -0.25) is 0 Å². The SMILES string of the molecule is C[Si](C)(C)O[Si](C)(C)CCCCOC(=O)c1ccc(N)cc1. The number of unbranched alkanes of at least 4 members (excludes halogenated alkanes) is 1. The van der Waals surface area contributed by atoms with Crippen molar-refractivity contribution in [3.63, 3.8) is 0 Å². The van der Waals surface area contributed by atoms with E-state index in [9.17, 15) is 4.79 Å². The summed E-state index contributed by atoms with van der Waals surface area (Å²) in [5.74, 6) is -0.283. The zero-order valence-corrected chi connectivity index (χ0v) is 16.4. The smallest absolute Gasteiger partial charge is 0.338 e. The summed E-state index contributed by atoms with van der Waals surface area (Å²) in [6.07, 6.45) is 1.92. The number of rotatable bonds is 8. The third kappa shape index (κ3) is 7.77. The Morgan fingerprint density at radius 3 is 2.18 bits per heavy atom. The summed E-state index contributed by atoms with van der Waals surface area (Å²) in [6, 6.07) is 7.90. The van der Waals surface area contributed by atoms with E-state index in [1.807, 2.05) is 0 Å². The second-order valence-corrected chi connectivity index (χ2v) is 16.2. The number of hydrogen-bond acceptors (Lipinski definition) is 4. The van der Waals surface area contributed by atoms with Gasteiger partial charge in [0, 0.05) is 5.69 Å². The van der Waals surface area contributed by atoms with Crippen LogP contribution in [0.1, 0.15) is 23.2 Å².